The number of para-hydroxylation sites is 2. The molecule has 0 aliphatic carbocycles. The molecule has 3 heterocycles. The lowest BCUT2D eigenvalue weighted by atomic mass is 9.94. The first-order valence-electron chi connectivity index (χ1n) is 15.9. The van der Waals surface area contributed by atoms with E-state index in [1.165, 1.54) is 90.4 Å². The molecule has 10 aromatic rings. The van der Waals surface area contributed by atoms with Crippen LogP contribution in [0.2, 0.25) is 0 Å². The molecular weight excluding hydrogens is 607 g/mol. The molecule has 0 saturated heterocycles. The van der Waals surface area contributed by atoms with Crippen molar-refractivity contribution in [2.75, 3.05) is 0 Å². The fourth-order valence-electron chi connectivity index (χ4n) is 7.38. The second kappa shape index (κ2) is 10.5. The van der Waals surface area contributed by atoms with Gasteiger partial charge in [0, 0.05) is 41.3 Å². The molecule has 47 heavy (non-hydrogen) atoms. The molecule has 220 valence electrons. The summed E-state index contributed by atoms with van der Waals surface area (Å²) in [4.78, 5) is 0. The molecule has 0 bridgehead atoms. The largest absolute Gasteiger partial charge is 0.308 e. The molecule has 0 spiro atoms. The lowest BCUT2D eigenvalue weighted by Crippen LogP contribution is -1.93. The molecule has 0 aliphatic heterocycles. The smallest absolute Gasteiger partial charge is 0.0734 e. The van der Waals surface area contributed by atoms with Crippen molar-refractivity contribution in [2.45, 2.75) is 0 Å². The average molecular weight is 634 g/mol. The molecule has 0 radical (unpaired) electrons. The second-order valence-corrected chi connectivity index (χ2v) is 14.2. The normalized spacial score (nSPS) is 11.8. The topological polar surface area (TPSA) is 4.93 Å². The van der Waals surface area contributed by atoms with Crippen LogP contribution in [0.5, 0.6) is 0 Å². The van der Waals surface area contributed by atoms with Gasteiger partial charge in [-0.05, 0) is 69.8 Å². The van der Waals surface area contributed by atoms with Gasteiger partial charge in [-0.25, -0.2) is 0 Å². The third-order valence-electron chi connectivity index (χ3n) is 9.41. The first-order valence-corrected chi connectivity index (χ1v) is 17.6. The van der Waals surface area contributed by atoms with E-state index in [2.05, 4.69) is 168 Å². The zero-order chi connectivity index (χ0) is 30.9. The highest BCUT2D eigenvalue weighted by Gasteiger charge is 2.21. The minimum atomic E-state index is 1.19. The molecule has 0 fully saturated rings. The maximum Gasteiger partial charge on any atom is 0.0734 e. The summed E-state index contributed by atoms with van der Waals surface area (Å²) in [7, 11) is 0. The van der Waals surface area contributed by atoms with Gasteiger partial charge in [-0.15, -0.1) is 22.7 Å². The molecule has 3 aromatic heterocycles. The number of fused-ring (bicyclic) bond motifs is 8. The van der Waals surface area contributed by atoms with E-state index in [-0.39, 0.29) is 0 Å². The van der Waals surface area contributed by atoms with E-state index < -0.39 is 0 Å². The Morgan fingerprint density at radius 3 is 1.72 bits per heavy atom. The molecule has 10 rings (SSSR count). The van der Waals surface area contributed by atoms with E-state index >= 15 is 0 Å². The van der Waals surface area contributed by atoms with Gasteiger partial charge in [0.05, 0.1) is 15.7 Å². The van der Waals surface area contributed by atoms with Crippen LogP contribution >= 0.6 is 22.7 Å². The molecule has 0 N–H and O–H groups in total. The maximum atomic E-state index is 2.46. The zero-order valence-electron chi connectivity index (χ0n) is 25.4. The van der Waals surface area contributed by atoms with Gasteiger partial charge in [0.15, 0.2) is 0 Å². The van der Waals surface area contributed by atoms with Crippen molar-refractivity contribution in [3.63, 3.8) is 0 Å². The number of hydrogen-bond acceptors (Lipinski definition) is 2. The lowest BCUT2D eigenvalue weighted by molar-refractivity contribution is 1.19. The van der Waals surface area contributed by atoms with Crippen molar-refractivity contribution >= 4 is 74.1 Å². The van der Waals surface area contributed by atoms with E-state index in [1.54, 1.807) is 0 Å². The molecular formula is C44H27NS2. The van der Waals surface area contributed by atoms with Gasteiger partial charge in [-0.2, -0.15) is 0 Å². The van der Waals surface area contributed by atoms with Crippen LogP contribution in [0.15, 0.2) is 164 Å². The number of aromatic nitrogens is 1. The van der Waals surface area contributed by atoms with E-state index in [4.69, 9.17) is 0 Å². The van der Waals surface area contributed by atoms with Gasteiger partial charge in [-0.1, -0.05) is 127 Å². The molecule has 0 atom stereocenters. The van der Waals surface area contributed by atoms with Crippen molar-refractivity contribution < 1.29 is 0 Å². The molecule has 0 aliphatic rings. The Morgan fingerprint density at radius 2 is 0.936 bits per heavy atom. The Morgan fingerprint density at radius 1 is 0.383 bits per heavy atom. The van der Waals surface area contributed by atoms with Crippen molar-refractivity contribution in [3.8, 4) is 39.1 Å². The van der Waals surface area contributed by atoms with Gasteiger partial charge in [0.1, 0.15) is 0 Å². The second-order valence-electron chi connectivity index (χ2n) is 12.1. The van der Waals surface area contributed by atoms with Gasteiger partial charge < -0.3 is 4.57 Å². The van der Waals surface area contributed by atoms with Crippen LogP contribution in [0.1, 0.15) is 0 Å². The number of hydrogen-bond donors (Lipinski definition) is 0. The van der Waals surface area contributed by atoms with Crippen LogP contribution < -0.4 is 0 Å². The molecule has 1 nitrogen and oxygen atoms in total. The summed E-state index contributed by atoms with van der Waals surface area (Å²) < 4.78 is 7.77. The first kappa shape index (κ1) is 26.7. The Hall–Kier alpha value is -5.48. The predicted molar refractivity (Wildman–Crippen MR) is 205 cm³/mol. The van der Waals surface area contributed by atoms with Crippen molar-refractivity contribution in [1.82, 2.24) is 4.57 Å². The lowest BCUT2D eigenvalue weighted by Gasteiger charge is -2.12. The van der Waals surface area contributed by atoms with Crippen molar-refractivity contribution in [3.05, 3.63) is 164 Å². The number of thiophene rings is 2. The number of benzene rings is 7. The van der Waals surface area contributed by atoms with E-state index in [9.17, 15) is 0 Å². The summed E-state index contributed by atoms with van der Waals surface area (Å²) in [5.41, 5.74) is 11.3. The quantitative estimate of drug-likeness (QED) is 0.182. The minimum Gasteiger partial charge on any atom is -0.308 e. The fraction of sp³-hybridized carbons (Fsp3) is 0. The van der Waals surface area contributed by atoms with E-state index in [1.807, 2.05) is 22.7 Å². The maximum absolute atomic E-state index is 2.46. The summed E-state index contributed by atoms with van der Waals surface area (Å²) in [5, 5.41) is 5.28. The van der Waals surface area contributed by atoms with Gasteiger partial charge in [0.25, 0.3) is 0 Å². The molecule has 0 amide bonds. The highest BCUT2D eigenvalue weighted by atomic mass is 32.1. The summed E-state index contributed by atoms with van der Waals surface area (Å²) >= 11 is 3.80. The average Bonchev–Trinajstić information content (AvgIpc) is 3.81. The summed E-state index contributed by atoms with van der Waals surface area (Å²) in [6.07, 6.45) is 0. The summed E-state index contributed by atoms with van der Waals surface area (Å²) in [6, 6.07) is 59.8. The van der Waals surface area contributed by atoms with Crippen LogP contribution in [-0.4, -0.2) is 4.57 Å². The third-order valence-corrected chi connectivity index (χ3v) is 11.8. The van der Waals surface area contributed by atoms with Crippen LogP contribution in [-0.2, 0) is 0 Å². The third kappa shape index (κ3) is 4.07. The van der Waals surface area contributed by atoms with Crippen LogP contribution in [0.25, 0.3) is 90.4 Å². The van der Waals surface area contributed by atoms with Crippen molar-refractivity contribution in [1.29, 1.82) is 0 Å². The van der Waals surface area contributed by atoms with Crippen molar-refractivity contribution in [2.24, 2.45) is 0 Å². The summed E-state index contributed by atoms with van der Waals surface area (Å²) in [6.45, 7) is 0. The Kier molecular flexibility index (Phi) is 5.98. The van der Waals surface area contributed by atoms with Crippen LogP contribution in [0.3, 0.4) is 0 Å². The molecule has 3 heteroatoms. The van der Waals surface area contributed by atoms with Gasteiger partial charge in [-0.3, -0.25) is 0 Å². The monoisotopic (exact) mass is 633 g/mol. The van der Waals surface area contributed by atoms with E-state index in [0.717, 1.165) is 0 Å². The highest BCUT2D eigenvalue weighted by Crippen LogP contribution is 2.47. The Bertz CT molecular complexity index is 2780. The summed E-state index contributed by atoms with van der Waals surface area (Å²) in [5.74, 6) is 0. The number of rotatable bonds is 4. The minimum absolute atomic E-state index is 1.19. The van der Waals surface area contributed by atoms with Crippen LogP contribution in [0, 0.1) is 0 Å². The standard InChI is InChI=1S/C44H27NS2/c1-3-13-28(14-4-1)34-22-10-23-36-40-32(20-11-25-38(40)46-43(34)36)29-15-9-16-30(27-29)33-21-12-26-39-41(33)42-44(47-39)35-19-7-8-24-37(35)45(42)31-17-5-2-6-18-31/h1-27H. The van der Waals surface area contributed by atoms with Crippen LogP contribution in [0.4, 0.5) is 0 Å². The molecule has 0 saturated carbocycles. The Balaban J connectivity index is 1.21. The van der Waals surface area contributed by atoms with Gasteiger partial charge >= 0.3 is 0 Å². The van der Waals surface area contributed by atoms with E-state index in [0.29, 0.717) is 0 Å². The highest BCUT2D eigenvalue weighted by molar-refractivity contribution is 7.27. The first-order chi connectivity index (χ1) is 23.3. The molecule has 0 unspecified atom stereocenters. The fourth-order valence-corrected chi connectivity index (χ4v) is 9.89. The van der Waals surface area contributed by atoms with Gasteiger partial charge in [0.2, 0.25) is 0 Å². The Labute approximate surface area is 280 Å². The SMILES string of the molecule is c1ccc(-c2cccc3c2sc2cccc(-c4cccc(-c5cccc6sc7c8ccccc8n(-c8ccccc8)c7c56)c4)c23)cc1. The number of nitrogens with zero attached hydrogens (tertiary/aromatic N) is 1. The molecule has 7 aromatic carbocycles. The zero-order valence-corrected chi connectivity index (χ0v) is 27.0. The predicted octanol–water partition coefficient (Wildman–Crippen LogP) is 13.4.